The van der Waals surface area contributed by atoms with E-state index >= 15 is 0 Å². The summed E-state index contributed by atoms with van der Waals surface area (Å²) in [5.41, 5.74) is 4.02. The molecule has 0 saturated carbocycles. The van der Waals surface area contributed by atoms with Crippen molar-refractivity contribution in [2.75, 3.05) is 27.4 Å². The van der Waals surface area contributed by atoms with E-state index in [9.17, 15) is 0 Å². The number of hydrogen-bond donors (Lipinski definition) is 1. The van der Waals surface area contributed by atoms with Crippen LogP contribution in [0.4, 0.5) is 0 Å². The molecule has 0 saturated heterocycles. The highest BCUT2D eigenvalue weighted by Crippen LogP contribution is 2.23. The Hall–Kier alpha value is -1.10. The van der Waals surface area contributed by atoms with Crippen LogP contribution in [0.2, 0.25) is 0 Å². The lowest BCUT2D eigenvalue weighted by molar-refractivity contribution is -0.00957. The lowest BCUT2D eigenvalue weighted by Crippen LogP contribution is -2.21. The number of methoxy groups -OCH3 is 2. The summed E-state index contributed by atoms with van der Waals surface area (Å²) in [5, 5.41) is 0. The molecule has 0 bridgehead atoms. The topological polar surface area (TPSA) is 39.7 Å². The van der Waals surface area contributed by atoms with Crippen LogP contribution < -0.4 is 10.2 Å². The van der Waals surface area contributed by atoms with E-state index in [0.717, 1.165) is 11.3 Å². The summed E-state index contributed by atoms with van der Waals surface area (Å²) in [6.07, 6.45) is 0. The molecule has 0 aliphatic heterocycles. The number of hydrogen-bond acceptors (Lipinski definition) is 4. The van der Waals surface area contributed by atoms with Crippen molar-refractivity contribution in [2.24, 2.45) is 0 Å². The molecule has 0 spiro atoms. The second-order valence-corrected chi connectivity index (χ2v) is 3.42. The van der Waals surface area contributed by atoms with Crippen molar-refractivity contribution in [3.8, 4) is 5.75 Å². The Balaban J connectivity index is 2.48. The van der Waals surface area contributed by atoms with Crippen LogP contribution in [0, 0.1) is 0 Å². The molecular formula is C12H19NO3. The first kappa shape index (κ1) is 13.0. The molecule has 1 atom stereocenters. The van der Waals surface area contributed by atoms with E-state index in [1.54, 1.807) is 14.2 Å². The van der Waals surface area contributed by atoms with E-state index in [-0.39, 0.29) is 6.04 Å². The predicted octanol–water partition coefficient (Wildman–Crippen LogP) is 1.92. The van der Waals surface area contributed by atoms with Gasteiger partial charge < -0.3 is 9.47 Å². The number of hydroxylamine groups is 1. The van der Waals surface area contributed by atoms with Gasteiger partial charge in [-0.1, -0.05) is 18.2 Å². The van der Waals surface area contributed by atoms with Crippen LogP contribution in [0.3, 0.4) is 0 Å². The molecule has 0 amide bonds. The highest BCUT2D eigenvalue weighted by Gasteiger charge is 2.09. The van der Waals surface area contributed by atoms with E-state index in [1.165, 1.54) is 0 Å². The molecule has 1 N–H and O–H groups in total. The lowest BCUT2D eigenvalue weighted by atomic mass is 10.1. The molecule has 4 heteroatoms. The summed E-state index contributed by atoms with van der Waals surface area (Å²) in [4.78, 5) is 5.26. The predicted molar refractivity (Wildman–Crippen MR) is 62.4 cm³/mol. The fraction of sp³-hybridized carbons (Fsp3) is 0.500. The number of rotatable bonds is 7. The van der Waals surface area contributed by atoms with Crippen molar-refractivity contribution in [3.05, 3.63) is 29.8 Å². The van der Waals surface area contributed by atoms with E-state index in [4.69, 9.17) is 14.3 Å². The third-order valence-corrected chi connectivity index (χ3v) is 2.26. The molecule has 90 valence electrons. The van der Waals surface area contributed by atoms with Crippen LogP contribution in [0.15, 0.2) is 24.3 Å². The fourth-order valence-electron chi connectivity index (χ4n) is 1.40. The summed E-state index contributed by atoms with van der Waals surface area (Å²) in [6.45, 7) is 3.12. The van der Waals surface area contributed by atoms with Gasteiger partial charge in [-0.3, -0.25) is 4.84 Å². The van der Waals surface area contributed by atoms with Gasteiger partial charge in [0, 0.05) is 12.7 Å². The van der Waals surface area contributed by atoms with E-state index < -0.39 is 0 Å². The van der Waals surface area contributed by atoms with Gasteiger partial charge >= 0.3 is 0 Å². The zero-order valence-corrected chi connectivity index (χ0v) is 10.0. The largest absolute Gasteiger partial charge is 0.496 e. The molecule has 1 rings (SSSR count). The van der Waals surface area contributed by atoms with Crippen molar-refractivity contribution in [2.45, 2.75) is 13.0 Å². The Labute approximate surface area is 96.5 Å². The smallest absolute Gasteiger partial charge is 0.123 e. The summed E-state index contributed by atoms with van der Waals surface area (Å²) in [7, 11) is 3.31. The third kappa shape index (κ3) is 3.81. The first-order chi connectivity index (χ1) is 7.79. The maximum atomic E-state index is 5.27. The standard InChI is InChI=1S/C12H19NO3/c1-10(13-16-9-8-14-2)11-6-4-5-7-12(11)15-3/h4-7,10,13H,8-9H2,1-3H3. The maximum Gasteiger partial charge on any atom is 0.123 e. The molecule has 0 heterocycles. The highest BCUT2D eigenvalue weighted by molar-refractivity contribution is 5.35. The van der Waals surface area contributed by atoms with E-state index in [0.29, 0.717) is 13.2 Å². The molecule has 1 aromatic rings. The van der Waals surface area contributed by atoms with Gasteiger partial charge in [-0.2, -0.15) is 5.48 Å². The minimum absolute atomic E-state index is 0.0769. The number of ether oxygens (including phenoxy) is 2. The molecule has 1 unspecified atom stereocenters. The van der Waals surface area contributed by atoms with Crippen LogP contribution in [-0.4, -0.2) is 27.4 Å². The molecule has 1 aromatic carbocycles. The van der Waals surface area contributed by atoms with Gasteiger partial charge in [0.05, 0.1) is 26.4 Å². The highest BCUT2D eigenvalue weighted by atomic mass is 16.7. The summed E-state index contributed by atoms with van der Waals surface area (Å²) >= 11 is 0. The Bertz CT molecular complexity index is 304. The van der Waals surface area contributed by atoms with Gasteiger partial charge in [0.15, 0.2) is 0 Å². The monoisotopic (exact) mass is 225 g/mol. The number of benzene rings is 1. The molecule has 4 nitrogen and oxygen atoms in total. The van der Waals surface area contributed by atoms with Crippen LogP contribution in [0.1, 0.15) is 18.5 Å². The van der Waals surface area contributed by atoms with Gasteiger partial charge in [-0.15, -0.1) is 0 Å². The zero-order chi connectivity index (χ0) is 11.8. The van der Waals surface area contributed by atoms with Crippen LogP contribution >= 0.6 is 0 Å². The molecule has 0 aliphatic carbocycles. The zero-order valence-electron chi connectivity index (χ0n) is 10.0. The van der Waals surface area contributed by atoms with Crippen molar-refractivity contribution in [3.63, 3.8) is 0 Å². The summed E-state index contributed by atoms with van der Waals surface area (Å²) < 4.78 is 10.2. The van der Waals surface area contributed by atoms with Crippen LogP contribution in [-0.2, 0) is 9.57 Å². The normalized spacial score (nSPS) is 12.4. The van der Waals surface area contributed by atoms with Crippen LogP contribution in [0.5, 0.6) is 5.75 Å². The van der Waals surface area contributed by atoms with Crippen molar-refractivity contribution >= 4 is 0 Å². The van der Waals surface area contributed by atoms with Gasteiger partial charge in [-0.25, -0.2) is 0 Å². The average molecular weight is 225 g/mol. The van der Waals surface area contributed by atoms with E-state index in [2.05, 4.69) is 5.48 Å². The average Bonchev–Trinajstić information content (AvgIpc) is 2.34. The molecule has 0 aliphatic rings. The molecule has 0 fully saturated rings. The quantitative estimate of drug-likeness (QED) is 0.568. The minimum atomic E-state index is 0.0769. The second kappa shape index (κ2) is 7.22. The lowest BCUT2D eigenvalue weighted by Gasteiger charge is -2.16. The molecule has 16 heavy (non-hydrogen) atoms. The fourth-order valence-corrected chi connectivity index (χ4v) is 1.40. The minimum Gasteiger partial charge on any atom is -0.496 e. The molecule has 0 aromatic heterocycles. The second-order valence-electron chi connectivity index (χ2n) is 3.42. The van der Waals surface area contributed by atoms with Crippen molar-refractivity contribution < 1.29 is 14.3 Å². The Morgan fingerprint density at radius 3 is 2.62 bits per heavy atom. The number of para-hydroxylation sites is 1. The van der Waals surface area contributed by atoms with Gasteiger partial charge in [0.1, 0.15) is 5.75 Å². The Morgan fingerprint density at radius 2 is 1.94 bits per heavy atom. The Morgan fingerprint density at radius 1 is 1.19 bits per heavy atom. The first-order valence-corrected chi connectivity index (χ1v) is 5.28. The van der Waals surface area contributed by atoms with Crippen molar-refractivity contribution in [1.82, 2.24) is 5.48 Å². The maximum absolute atomic E-state index is 5.27. The molecular weight excluding hydrogens is 206 g/mol. The number of nitrogens with one attached hydrogen (secondary N) is 1. The van der Waals surface area contributed by atoms with Crippen molar-refractivity contribution in [1.29, 1.82) is 0 Å². The van der Waals surface area contributed by atoms with E-state index in [1.807, 2.05) is 31.2 Å². The first-order valence-electron chi connectivity index (χ1n) is 5.28. The Kier molecular flexibility index (Phi) is 5.85. The van der Waals surface area contributed by atoms with Gasteiger partial charge in [0.25, 0.3) is 0 Å². The summed E-state index contributed by atoms with van der Waals surface area (Å²) in [6, 6.07) is 7.94. The van der Waals surface area contributed by atoms with Crippen LogP contribution in [0.25, 0.3) is 0 Å². The van der Waals surface area contributed by atoms with Gasteiger partial charge in [-0.05, 0) is 13.0 Å². The SMILES string of the molecule is COCCONC(C)c1ccccc1OC. The van der Waals surface area contributed by atoms with Gasteiger partial charge in [0.2, 0.25) is 0 Å². The summed E-state index contributed by atoms with van der Waals surface area (Å²) in [5.74, 6) is 0.859. The molecule has 0 radical (unpaired) electrons. The third-order valence-electron chi connectivity index (χ3n) is 2.26.